The summed E-state index contributed by atoms with van der Waals surface area (Å²) in [5.41, 5.74) is 6.26. The van der Waals surface area contributed by atoms with Gasteiger partial charge in [0.25, 0.3) is 0 Å². The second kappa shape index (κ2) is 6.15. The minimum absolute atomic E-state index is 0.168. The molecular formula is C14H15FN2O2. The van der Waals surface area contributed by atoms with Crippen LogP contribution in [0.3, 0.4) is 0 Å². The van der Waals surface area contributed by atoms with Crippen LogP contribution in [0.5, 0.6) is 0 Å². The Morgan fingerprint density at radius 1 is 1.37 bits per heavy atom. The van der Waals surface area contributed by atoms with Crippen molar-refractivity contribution in [3.8, 4) is 0 Å². The third-order valence-electron chi connectivity index (χ3n) is 2.72. The molecule has 1 aromatic carbocycles. The number of hydrogen-bond acceptors (Lipinski definition) is 3. The number of carbonyl (C=O) groups is 1. The van der Waals surface area contributed by atoms with Gasteiger partial charge in [0.1, 0.15) is 11.6 Å². The van der Waals surface area contributed by atoms with Crippen LogP contribution in [0.1, 0.15) is 17.7 Å². The number of aryl methyl sites for hydroxylation is 1. The Hall–Kier alpha value is -2.14. The SMILES string of the molecule is NCc1ccc(NC(=O)CCc2ccco2)c(F)c1. The molecule has 0 bridgehead atoms. The van der Waals surface area contributed by atoms with Crippen LogP contribution in [-0.4, -0.2) is 5.91 Å². The molecule has 1 heterocycles. The van der Waals surface area contributed by atoms with Gasteiger partial charge in [-0.2, -0.15) is 0 Å². The number of amides is 1. The van der Waals surface area contributed by atoms with E-state index >= 15 is 0 Å². The quantitative estimate of drug-likeness (QED) is 0.869. The molecule has 0 saturated carbocycles. The third-order valence-corrected chi connectivity index (χ3v) is 2.72. The van der Waals surface area contributed by atoms with Gasteiger partial charge in [-0.05, 0) is 29.8 Å². The van der Waals surface area contributed by atoms with Crippen molar-refractivity contribution in [2.45, 2.75) is 19.4 Å². The Labute approximate surface area is 110 Å². The molecule has 0 fully saturated rings. The van der Waals surface area contributed by atoms with Crippen molar-refractivity contribution in [3.05, 3.63) is 53.7 Å². The number of halogens is 1. The van der Waals surface area contributed by atoms with Crippen molar-refractivity contribution in [2.24, 2.45) is 5.73 Å². The van der Waals surface area contributed by atoms with Gasteiger partial charge in [0, 0.05) is 19.4 Å². The standard InChI is InChI=1S/C14H15FN2O2/c15-12-8-10(9-16)3-5-13(12)17-14(18)6-4-11-2-1-7-19-11/h1-3,5,7-8H,4,6,9,16H2,(H,17,18). The molecule has 0 saturated heterocycles. The first kappa shape index (κ1) is 13.3. The Kier molecular flexibility index (Phi) is 4.30. The van der Waals surface area contributed by atoms with Crippen molar-refractivity contribution >= 4 is 11.6 Å². The summed E-state index contributed by atoms with van der Waals surface area (Å²) < 4.78 is 18.7. The van der Waals surface area contributed by atoms with Gasteiger partial charge in [0.2, 0.25) is 5.91 Å². The summed E-state index contributed by atoms with van der Waals surface area (Å²) >= 11 is 0. The molecule has 4 nitrogen and oxygen atoms in total. The number of rotatable bonds is 5. The fourth-order valence-corrected chi connectivity index (χ4v) is 1.69. The molecule has 0 atom stereocenters. The number of nitrogens with one attached hydrogen (secondary N) is 1. The highest BCUT2D eigenvalue weighted by molar-refractivity contribution is 5.90. The van der Waals surface area contributed by atoms with Gasteiger partial charge in [-0.15, -0.1) is 0 Å². The molecule has 0 aliphatic carbocycles. The van der Waals surface area contributed by atoms with Crippen LogP contribution in [0.2, 0.25) is 0 Å². The van der Waals surface area contributed by atoms with E-state index in [9.17, 15) is 9.18 Å². The van der Waals surface area contributed by atoms with E-state index < -0.39 is 5.82 Å². The molecule has 3 N–H and O–H groups in total. The van der Waals surface area contributed by atoms with Crippen molar-refractivity contribution < 1.29 is 13.6 Å². The Morgan fingerprint density at radius 2 is 2.21 bits per heavy atom. The molecule has 2 aromatic rings. The lowest BCUT2D eigenvalue weighted by atomic mass is 10.2. The number of hydrogen-bond donors (Lipinski definition) is 2. The molecule has 0 spiro atoms. The Morgan fingerprint density at radius 3 is 2.84 bits per heavy atom. The normalized spacial score (nSPS) is 10.4. The average Bonchev–Trinajstić information content (AvgIpc) is 2.92. The number of nitrogens with two attached hydrogens (primary N) is 1. The Balaban J connectivity index is 1.91. The van der Waals surface area contributed by atoms with Crippen molar-refractivity contribution in [1.82, 2.24) is 0 Å². The van der Waals surface area contributed by atoms with E-state index in [1.54, 1.807) is 24.5 Å². The highest BCUT2D eigenvalue weighted by Crippen LogP contribution is 2.16. The fourth-order valence-electron chi connectivity index (χ4n) is 1.69. The van der Waals surface area contributed by atoms with Crippen LogP contribution < -0.4 is 11.1 Å². The summed E-state index contributed by atoms with van der Waals surface area (Å²) in [7, 11) is 0. The first-order valence-electron chi connectivity index (χ1n) is 6.00. The van der Waals surface area contributed by atoms with Gasteiger partial charge in [-0.1, -0.05) is 6.07 Å². The van der Waals surface area contributed by atoms with Crippen molar-refractivity contribution in [3.63, 3.8) is 0 Å². The summed E-state index contributed by atoms with van der Waals surface area (Å²) in [6, 6.07) is 8.08. The zero-order valence-corrected chi connectivity index (χ0v) is 10.4. The molecule has 0 aliphatic rings. The largest absolute Gasteiger partial charge is 0.469 e. The first-order valence-corrected chi connectivity index (χ1v) is 6.00. The molecule has 5 heteroatoms. The molecule has 0 aliphatic heterocycles. The maximum Gasteiger partial charge on any atom is 0.224 e. The fraction of sp³-hybridized carbons (Fsp3) is 0.214. The lowest BCUT2D eigenvalue weighted by Gasteiger charge is -2.07. The van der Waals surface area contributed by atoms with E-state index in [2.05, 4.69) is 5.32 Å². The third kappa shape index (κ3) is 3.66. The molecule has 0 unspecified atom stereocenters. The lowest BCUT2D eigenvalue weighted by Crippen LogP contribution is -2.13. The zero-order chi connectivity index (χ0) is 13.7. The van der Waals surface area contributed by atoms with Gasteiger partial charge < -0.3 is 15.5 Å². The average molecular weight is 262 g/mol. The lowest BCUT2D eigenvalue weighted by molar-refractivity contribution is -0.116. The number of anilines is 1. The van der Waals surface area contributed by atoms with Crippen LogP contribution in [0.4, 0.5) is 10.1 Å². The van der Waals surface area contributed by atoms with Gasteiger partial charge in [-0.25, -0.2) is 4.39 Å². The van der Waals surface area contributed by atoms with Crippen LogP contribution >= 0.6 is 0 Å². The van der Waals surface area contributed by atoms with Gasteiger partial charge >= 0.3 is 0 Å². The van der Waals surface area contributed by atoms with Gasteiger partial charge in [0.05, 0.1) is 12.0 Å². The minimum Gasteiger partial charge on any atom is -0.469 e. The van der Waals surface area contributed by atoms with Crippen LogP contribution in [0.25, 0.3) is 0 Å². The molecule has 1 amide bonds. The molecule has 19 heavy (non-hydrogen) atoms. The highest BCUT2D eigenvalue weighted by Gasteiger charge is 2.08. The van der Waals surface area contributed by atoms with E-state index in [-0.39, 0.29) is 24.6 Å². The van der Waals surface area contributed by atoms with Crippen molar-refractivity contribution in [2.75, 3.05) is 5.32 Å². The predicted molar refractivity (Wildman–Crippen MR) is 70.0 cm³/mol. The molecule has 2 rings (SSSR count). The predicted octanol–water partition coefficient (Wildman–Crippen LogP) is 2.45. The Bertz CT molecular complexity index is 553. The smallest absolute Gasteiger partial charge is 0.224 e. The zero-order valence-electron chi connectivity index (χ0n) is 10.4. The first-order chi connectivity index (χ1) is 9.19. The number of carbonyl (C=O) groups excluding carboxylic acids is 1. The minimum atomic E-state index is -0.478. The van der Waals surface area contributed by atoms with E-state index in [0.29, 0.717) is 12.0 Å². The summed E-state index contributed by atoms with van der Waals surface area (Å²) in [4.78, 5) is 11.7. The number of benzene rings is 1. The second-order valence-electron chi connectivity index (χ2n) is 4.15. The highest BCUT2D eigenvalue weighted by atomic mass is 19.1. The molecule has 1 aromatic heterocycles. The summed E-state index contributed by atoms with van der Waals surface area (Å²) in [5.74, 6) is -0.000742. The monoisotopic (exact) mass is 262 g/mol. The van der Waals surface area contributed by atoms with Gasteiger partial charge in [0.15, 0.2) is 0 Å². The molecule has 100 valence electrons. The van der Waals surface area contributed by atoms with E-state index in [1.165, 1.54) is 12.1 Å². The maximum absolute atomic E-state index is 13.6. The van der Waals surface area contributed by atoms with E-state index in [0.717, 1.165) is 5.76 Å². The van der Waals surface area contributed by atoms with Crippen LogP contribution in [0.15, 0.2) is 41.0 Å². The summed E-state index contributed by atoms with van der Waals surface area (Å²) in [6.45, 7) is 0.267. The van der Waals surface area contributed by atoms with Crippen LogP contribution in [0, 0.1) is 5.82 Å². The summed E-state index contributed by atoms with van der Waals surface area (Å²) in [6.07, 6.45) is 2.28. The second-order valence-corrected chi connectivity index (χ2v) is 4.15. The van der Waals surface area contributed by atoms with E-state index in [1.807, 2.05) is 0 Å². The van der Waals surface area contributed by atoms with Crippen molar-refractivity contribution in [1.29, 1.82) is 0 Å². The molecule has 0 radical (unpaired) electrons. The number of furan rings is 1. The van der Waals surface area contributed by atoms with Crippen LogP contribution in [-0.2, 0) is 17.8 Å². The van der Waals surface area contributed by atoms with Gasteiger partial charge in [-0.3, -0.25) is 4.79 Å². The van der Waals surface area contributed by atoms with E-state index in [4.69, 9.17) is 10.2 Å². The maximum atomic E-state index is 13.6. The topological polar surface area (TPSA) is 68.3 Å². The molecular weight excluding hydrogens is 247 g/mol. The summed E-state index contributed by atoms with van der Waals surface area (Å²) in [5, 5.41) is 2.53.